The highest BCUT2D eigenvalue weighted by Gasteiger charge is 2.31. The summed E-state index contributed by atoms with van der Waals surface area (Å²) in [4.78, 5) is 32.4. The zero-order chi connectivity index (χ0) is 12.7. The van der Waals surface area contributed by atoms with Gasteiger partial charge in [0.25, 0.3) is 5.56 Å². The third kappa shape index (κ3) is 1.59. The Morgan fingerprint density at radius 3 is 2.83 bits per heavy atom. The van der Waals surface area contributed by atoms with Crippen molar-refractivity contribution in [1.29, 1.82) is 0 Å². The Labute approximate surface area is 103 Å². The Morgan fingerprint density at radius 1 is 1.33 bits per heavy atom. The molecule has 1 atom stereocenters. The van der Waals surface area contributed by atoms with E-state index in [1.54, 1.807) is 11.9 Å². The fourth-order valence-corrected chi connectivity index (χ4v) is 2.39. The van der Waals surface area contributed by atoms with E-state index >= 15 is 0 Å². The maximum Gasteiger partial charge on any atom is 0.272 e. The largest absolute Gasteiger partial charge is 0.337 e. The molecule has 1 saturated heterocycles. The third-order valence-corrected chi connectivity index (χ3v) is 3.43. The number of para-hydroxylation sites is 2. The van der Waals surface area contributed by atoms with Crippen molar-refractivity contribution in [3.8, 4) is 0 Å². The normalized spacial score (nSPS) is 19.7. The van der Waals surface area contributed by atoms with E-state index in [2.05, 4.69) is 9.97 Å². The zero-order valence-corrected chi connectivity index (χ0v) is 10.0. The van der Waals surface area contributed by atoms with Crippen LogP contribution in [0.2, 0.25) is 0 Å². The van der Waals surface area contributed by atoms with Crippen LogP contribution in [0.25, 0.3) is 11.0 Å². The molecule has 92 valence electrons. The van der Waals surface area contributed by atoms with Gasteiger partial charge in [-0.2, -0.15) is 0 Å². The fourth-order valence-electron chi connectivity index (χ4n) is 2.39. The highest BCUT2D eigenvalue weighted by atomic mass is 16.2. The van der Waals surface area contributed by atoms with E-state index in [1.807, 2.05) is 24.3 Å². The molecule has 1 amide bonds. The van der Waals surface area contributed by atoms with E-state index in [-0.39, 0.29) is 17.5 Å². The van der Waals surface area contributed by atoms with Crippen LogP contribution in [0.4, 0.5) is 0 Å². The third-order valence-electron chi connectivity index (χ3n) is 3.43. The van der Waals surface area contributed by atoms with Crippen LogP contribution in [-0.2, 0) is 4.79 Å². The summed E-state index contributed by atoms with van der Waals surface area (Å²) >= 11 is 0. The van der Waals surface area contributed by atoms with E-state index in [4.69, 9.17) is 0 Å². The maximum absolute atomic E-state index is 12.0. The molecular weight excluding hydrogens is 230 g/mol. The summed E-state index contributed by atoms with van der Waals surface area (Å²) in [6.07, 6.45) is 1.14. The highest BCUT2D eigenvalue weighted by Crippen LogP contribution is 2.28. The van der Waals surface area contributed by atoms with Gasteiger partial charge >= 0.3 is 0 Å². The summed E-state index contributed by atoms with van der Waals surface area (Å²) in [6.45, 7) is 0. The second-order valence-electron chi connectivity index (χ2n) is 4.53. The van der Waals surface area contributed by atoms with Crippen LogP contribution in [-0.4, -0.2) is 27.8 Å². The van der Waals surface area contributed by atoms with Crippen LogP contribution in [0.5, 0.6) is 0 Å². The van der Waals surface area contributed by atoms with Crippen LogP contribution in [0.1, 0.15) is 24.6 Å². The van der Waals surface area contributed by atoms with E-state index in [1.165, 1.54) is 0 Å². The van der Waals surface area contributed by atoms with Gasteiger partial charge in [0.2, 0.25) is 5.91 Å². The number of H-pyrrole nitrogens is 1. The average molecular weight is 243 g/mol. The number of carbonyl (C=O) groups excluding carboxylic acids is 1. The second kappa shape index (κ2) is 3.94. The molecule has 1 aromatic heterocycles. The molecule has 5 nitrogen and oxygen atoms in total. The van der Waals surface area contributed by atoms with Gasteiger partial charge in [-0.3, -0.25) is 9.59 Å². The lowest BCUT2D eigenvalue weighted by atomic mass is 10.1. The predicted molar refractivity (Wildman–Crippen MR) is 67.1 cm³/mol. The molecule has 0 spiro atoms. The van der Waals surface area contributed by atoms with Gasteiger partial charge in [0.05, 0.1) is 17.1 Å². The highest BCUT2D eigenvalue weighted by molar-refractivity contribution is 5.79. The van der Waals surface area contributed by atoms with Gasteiger partial charge in [-0.05, 0) is 18.6 Å². The number of aromatic nitrogens is 2. The van der Waals surface area contributed by atoms with Crippen LogP contribution in [0, 0.1) is 0 Å². The molecule has 1 N–H and O–H groups in total. The van der Waals surface area contributed by atoms with Crippen molar-refractivity contribution in [3.05, 3.63) is 40.3 Å². The number of carbonyl (C=O) groups is 1. The molecule has 3 rings (SSSR count). The van der Waals surface area contributed by atoms with E-state index < -0.39 is 0 Å². The Morgan fingerprint density at radius 2 is 2.11 bits per heavy atom. The average Bonchev–Trinajstić information content (AvgIpc) is 2.69. The molecule has 1 unspecified atom stereocenters. The maximum atomic E-state index is 12.0. The van der Waals surface area contributed by atoms with Gasteiger partial charge in [0.1, 0.15) is 5.69 Å². The van der Waals surface area contributed by atoms with Gasteiger partial charge in [-0.25, -0.2) is 4.98 Å². The molecule has 1 aliphatic heterocycles. The number of fused-ring (bicyclic) bond motifs is 1. The first-order chi connectivity index (χ1) is 8.66. The zero-order valence-electron chi connectivity index (χ0n) is 10.0. The first-order valence-corrected chi connectivity index (χ1v) is 5.91. The van der Waals surface area contributed by atoms with Gasteiger partial charge in [0.15, 0.2) is 0 Å². The molecule has 0 bridgehead atoms. The summed E-state index contributed by atoms with van der Waals surface area (Å²) in [7, 11) is 1.72. The molecule has 0 aliphatic carbocycles. The minimum atomic E-state index is -0.208. The quantitative estimate of drug-likeness (QED) is 0.818. The molecule has 0 saturated carbocycles. The summed E-state index contributed by atoms with van der Waals surface area (Å²) in [5, 5.41) is 0. The molecular formula is C13H13N3O2. The molecule has 1 fully saturated rings. The van der Waals surface area contributed by atoms with Crippen molar-refractivity contribution in [2.45, 2.75) is 18.9 Å². The number of nitrogens with one attached hydrogen (secondary N) is 1. The Balaban J connectivity index is 2.15. The number of hydrogen-bond acceptors (Lipinski definition) is 3. The lowest BCUT2D eigenvalue weighted by Gasteiger charge is -2.18. The lowest BCUT2D eigenvalue weighted by Crippen LogP contribution is -2.28. The molecule has 2 heterocycles. The van der Waals surface area contributed by atoms with E-state index in [0.29, 0.717) is 18.5 Å². The first-order valence-electron chi connectivity index (χ1n) is 5.91. The van der Waals surface area contributed by atoms with Gasteiger partial charge in [-0.15, -0.1) is 0 Å². The molecule has 5 heteroatoms. The number of amides is 1. The smallest absolute Gasteiger partial charge is 0.272 e. The minimum Gasteiger partial charge on any atom is -0.337 e. The second-order valence-corrected chi connectivity index (χ2v) is 4.53. The summed E-state index contributed by atoms with van der Waals surface area (Å²) in [5.74, 6) is 0.0642. The number of hydrogen-bond donors (Lipinski definition) is 1. The Hall–Kier alpha value is -2.17. The number of nitrogens with zero attached hydrogens (tertiary/aromatic N) is 2. The SMILES string of the molecule is CN1C(=O)CCC1c1nc2ccccc2[nH]c1=O. The molecule has 0 radical (unpaired) electrons. The van der Waals surface area contributed by atoms with Crippen LogP contribution in [0.3, 0.4) is 0 Å². The van der Waals surface area contributed by atoms with Crippen molar-refractivity contribution in [1.82, 2.24) is 14.9 Å². The summed E-state index contributed by atoms with van der Waals surface area (Å²) in [6, 6.07) is 7.19. The number of aromatic amines is 1. The van der Waals surface area contributed by atoms with Gasteiger partial charge in [-0.1, -0.05) is 12.1 Å². The van der Waals surface area contributed by atoms with Crippen molar-refractivity contribution in [2.24, 2.45) is 0 Å². The van der Waals surface area contributed by atoms with Crippen molar-refractivity contribution < 1.29 is 4.79 Å². The fraction of sp³-hybridized carbons (Fsp3) is 0.308. The minimum absolute atomic E-state index is 0.0642. The predicted octanol–water partition coefficient (Wildman–Crippen LogP) is 1.22. The van der Waals surface area contributed by atoms with Crippen molar-refractivity contribution >= 4 is 16.9 Å². The van der Waals surface area contributed by atoms with Gasteiger partial charge in [0, 0.05) is 13.5 Å². The summed E-state index contributed by atoms with van der Waals surface area (Å²) < 4.78 is 0. The van der Waals surface area contributed by atoms with Crippen LogP contribution >= 0.6 is 0 Å². The Kier molecular flexibility index (Phi) is 2.40. The molecule has 1 aliphatic rings. The topological polar surface area (TPSA) is 66.1 Å². The molecule has 18 heavy (non-hydrogen) atoms. The number of likely N-dealkylation sites (tertiary alicyclic amines) is 1. The van der Waals surface area contributed by atoms with Crippen LogP contribution < -0.4 is 5.56 Å². The lowest BCUT2D eigenvalue weighted by molar-refractivity contribution is -0.127. The van der Waals surface area contributed by atoms with E-state index in [0.717, 1.165) is 11.0 Å². The number of rotatable bonds is 1. The standard InChI is InChI=1S/C13H13N3O2/c1-16-10(6-7-11(16)17)12-13(18)15-9-5-3-2-4-8(9)14-12/h2-5,10H,6-7H2,1H3,(H,15,18). The van der Waals surface area contributed by atoms with Crippen molar-refractivity contribution in [2.75, 3.05) is 7.05 Å². The van der Waals surface area contributed by atoms with Crippen LogP contribution in [0.15, 0.2) is 29.1 Å². The first kappa shape index (κ1) is 11.0. The van der Waals surface area contributed by atoms with Crippen molar-refractivity contribution in [3.63, 3.8) is 0 Å². The van der Waals surface area contributed by atoms with Gasteiger partial charge < -0.3 is 9.88 Å². The Bertz CT molecular complexity index is 677. The monoisotopic (exact) mass is 243 g/mol. The molecule has 1 aromatic carbocycles. The number of benzene rings is 1. The van der Waals surface area contributed by atoms with E-state index in [9.17, 15) is 9.59 Å². The molecule has 2 aromatic rings. The summed E-state index contributed by atoms with van der Waals surface area (Å²) in [5.41, 5.74) is 1.69.